The van der Waals surface area contributed by atoms with Gasteiger partial charge in [0, 0.05) is 11.5 Å². The first-order valence-corrected chi connectivity index (χ1v) is 7.01. The molecule has 2 aromatic carbocycles. The van der Waals surface area contributed by atoms with Crippen LogP contribution in [0.3, 0.4) is 0 Å². The summed E-state index contributed by atoms with van der Waals surface area (Å²) in [6, 6.07) is 19.8. The van der Waals surface area contributed by atoms with E-state index in [4.69, 9.17) is 0 Å². The number of allylic oxidation sites excluding steroid dienone is 3. The molecule has 1 atom stereocenters. The van der Waals surface area contributed by atoms with Gasteiger partial charge in [0.25, 0.3) is 0 Å². The van der Waals surface area contributed by atoms with E-state index < -0.39 is 5.97 Å². The standard InChI is InChI=1S/C19H16O2/c20-19(21)17-13-7-12-16(14-8-3-1-4-9-14)18(17)15-10-5-2-6-11-15/h1-6,8-13,18H,7H2,(H,20,21)/t18-/m1/s1. The minimum Gasteiger partial charge on any atom is -0.478 e. The van der Waals surface area contributed by atoms with Crippen molar-refractivity contribution in [3.63, 3.8) is 0 Å². The number of carbonyl (C=O) groups is 1. The summed E-state index contributed by atoms with van der Waals surface area (Å²) in [6.07, 6.45) is 4.60. The molecule has 0 fully saturated rings. The van der Waals surface area contributed by atoms with Gasteiger partial charge in [-0.25, -0.2) is 4.79 Å². The zero-order valence-corrected chi connectivity index (χ0v) is 11.6. The van der Waals surface area contributed by atoms with E-state index in [-0.39, 0.29) is 5.92 Å². The van der Waals surface area contributed by atoms with Gasteiger partial charge in [0.2, 0.25) is 0 Å². The van der Waals surface area contributed by atoms with Crippen molar-refractivity contribution in [2.45, 2.75) is 12.3 Å². The molecule has 0 saturated carbocycles. The SMILES string of the molecule is O=C(O)C1=CCC=C(c2ccccc2)[C@H]1c1ccccc1. The molecule has 104 valence electrons. The fourth-order valence-corrected chi connectivity index (χ4v) is 2.85. The Morgan fingerprint density at radius 1 is 0.905 bits per heavy atom. The van der Waals surface area contributed by atoms with Crippen molar-refractivity contribution in [3.05, 3.63) is 89.5 Å². The predicted octanol–water partition coefficient (Wildman–Crippen LogP) is 4.27. The average molecular weight is 276 g/mol. The molecule has 0 saturated heterocycles. The van der Waals surface area contributed by atoms with Crippen molar-refractivity contribution >= 4 is 11.5 Å². The number of aliphatic carboxylic acids is 1. The first kappa shape index (κ1) is 13.4. The number of carboxylic acids is 1. The van der Waals surface area contributed by atoms with E-state index in [0.29, 0.717) is 12.0 Å². The summed E-state index contributed by atoms with van der Waals surface area (Å²) in [5.41, 5.74) is 3.63. The van der Waals surface area contributed by atoms with Crippen LogP contribution in [0.25, 0.3) is 5.57 Å². The highest BCUT2D eigenvalue weighted by molar-refractivity contribution is 5.95. The molecule has 2 aromatic rings. The van der Waals surface area contributed by atoms with Gasteiger partial charge in [0.15, 0.2) is 0 Å². The van der Waals surface area contributed by atoms with Gasteiger partial charge in [-0.15, -0.1) is 0 Å². The Morgan fingerprint density at radius 2 is 1.52 bits per heavy atom. The van der Waals surface area contributed by atoms with Crippen LogP contribution in [0.4, 0.5) is 0 Å². The zero-order valence-electron chi connectivity index (χ0n) is 11.6. The lowest BCUT2D eigenvalue weighted by molar-refractivity contribution is -0.132. The Balaban J connectivity index is 2.11. The lowest BCUT2D eigenvalue weighted by Gasteiger charge is -2.25. The summed E-state index contributed by atoms with van der Waals surface area (Å²) in [7, 11) is 0. The van der Waals surface area contributed by atoms with Crippen LogP contribution in [-0.2, 0) is 4.79 Å². The summed E-state index contributed by atoms with van der Waals surface area (Å²) >= 11 is 0. The lowest BCUT2D eigenvalue weighted by atomic mass is 9.78. The summed E-state index contributed by atoms with van der Waals surface area (Å²) in [4.78, 5) is 11.6. The van der Waals surface area contributed by atoms with Crippen molar-refractivity contribution in [1.82, 2.24) is 0 Å². The van der Waals surface area contributed by atoms with Crippen molar-refractivity contribution in [1.29, 1.82) is 0 Å². The number of hydrogen-bond acceptors (Lipinski definition) is 1. The highest BCUT2D eigenvalue weighted by Gasteiger charge is 2.28. The fraction of sp³-hybridized carbons (Fsp3) is 0.105. The topological polar surface area (TPSA) is 37.3 Å². The molecule has 2 heteroatoms. The van der Waals surface area contributed by atoms with Gasteiger partial charge in [-0.3, -0.25) is 0 Å². The maximum Gasteiger partial charge on any atom is 0.332 e. The molecule has 21 heavy (non-hydrogen) atoms. The highest BCUT2D eigenvalue weighted by atomic mass is 16.4. The Morgan fingerprint density at radius 3 is 2.14 bits per heavy atom. The summed E-state index contributed by atoms with van der Waals surface area (Å²) in [5.74, 6) is -1.05. The van der Waals surface area contributed by atoms with Gasteiger partial charge in [0.05, 0.1) is 0 Å². The van der Waals surface area contributed by atoms with Crippen LogP contribution in [0, 0.1) is 0 Å². The van der Waals surface area contributed by atoms with Gasteiger partial charge in [0.1, 0.15) is 0 Å². The third-order valence-corrected chi connectivity index (χ3v) is 3.78. The Kier molecular flexibility index (Phi) is 3.69. The van der Waals surface area contributed by atoms with Gasteiger partial charge in [-0.1, -0.05) is 72.8 Å². The van der Waals surface area contributed by atoms with Crippen LogP contribution in [-0.4, -0.2) is 11.1 Å². The number of carboxylic acid groups (broad SMARTS) is 1. The molecule has 1 aliphatic carbocycles. The molecule has 0 aromatic heterocycles. The largest absolute Gasteiger partial charge is 0.478 e. The highest BCUT2D eigenvalue weighted by Crippen LogP contribution is 2.40. The maximum absolute atomic E-state index is 11.6. The van der Waals surface area contributed by atoms with E-state index in [2.05, 4.69) is 6.08 Å². The van der Waals surface area contributed by atoms with Crippen molar-refractivity contribution < 1.29 is 9.90 Å². The van der Waals surface area contributed by atoms with Gasteiger partial charge >= 0.3 is 5.97 Å². The summed E-state index contributed by atoms with van der Waals surface area (Å²) in [5, 5.41) is 9.54. The smallest absolute Gasteiger partial charge is 0.332 e. The zero-order chi connectivity index (χ0) is 14.7. The predicted molar refractivity (Wildman–Crippen MR) is 83.9 cm³/mol. The molecular formula is C19H16O2. The molecule has 0 spiro atoms. The fourth-order valence-electron chi connectivity index (χ4n) is 2.85. The lowest BCUT2D eigenvalue weighted by Crippen LogP contribution is -2.15. The monoisotopic (exact) mass is 276 g/mol. The van der Waals surface area contributed by atoms with Gasteiger partial charge < -0.3 is 5.11 Å². The molecule has 2 nitrogen and oxygen atoms in total. The van der Waals surface area contributed by atoms with Gasteiger partial charge in [-0.2, -0.15) is 0 Å². The molecule has 3 rings (SSSR count). The van der Waals surface area contributed by atoms with Crippen LogP contribution in [0.5, 0.6) is 0 Å². The van der Waals surface area contributed by atoms with E-state index in [1.165, 1.54) is 0 Å². The number of rotatable bonds is 3. The molecular weight excluding hydrogens is 260 g/mol. The Bertz CT molecular complexity index is 697. The normalized spacial score (nSPS) is 17.8. The molecule has 0 aliphatic heterocycles. The second-order valence-corrected chi connectivity index (χ2v) is 5.07. The maximum atomic E-state index is 11.6. The van der Waals surface area contributed by atoms with Crippen molar-refractivity contribution in [2.24, 2.45) is 0 Å². The minimum absolute atomic E-state index is 0.208. The molecule has 1 aliphatic rings. The third kappa shape index (κ3) is 2.65. The first-order chi connectivity index (χ1) is 10.3. The van der Waals surface area contributed by atoms with Crippen LogP contribution >= 0.6 is 0 Å². The molecule has 1 N–H and O–H groups in total. The van der Waals surface area contributed by atoms with E-state index in [1.54, 1.807) is 0 Å². The van der Waals surface area contributed by atoms with E-state index in [0.717, 1.165) is 16.7 Å². The Hall–Kier alpha value is -2.61. The quantitative estimate of drug-likeness (QED) is 0.909. The van der Waals surface area contributed by atoms with E-state index in [1.807, 2.05) is 66.7 Å². The van der Waals surface area contributed by atoms with Gasteiger partial charge in [-0.05, 0) is 23.1 Å². The summed E-state index contributed by atoms with van der Waals surface area (Å²) in [6.45, 7) is 0. The molecule has 0 radical (unpaired) electrons. The van der Waals surface area contributed by atoms with Crippen LogP contribution in [0.2, 0.25) is 0 Å². The summed E-state index contributed by atoms with van der Waals surface area (Å²) < 4.78 is 0. The van der Waals surface area contributed by atoms with E-state index >= 15 is 0 Å². The molecule has 0 amide bonds. The van der Waals surface area contributed by atoms with Crippen LogP contribution in [0.15, 0.2) is 78.4 Å². The van der Waals surface area contributed by atoms with Crippen LogP contribution < -0.4 is 0 Å². The number of benzene rings is 2. The molecule has 0 unspecified atom stereocenters. The molecule has 0 heterocycles. The molecule has 0 bridgehead atoms. The average Bonchev–Trinajstić information content (AvgIpc) is 2.55. The van der Waals surface area contributed by atoms with Crippen LogP contribution in [0.1, 0.15) is 23.5 Å². The number of hydrogen-bond donors (Lipinski definition) is 1. The Labute approximate surface area is 124 Å². The van der Waals surface area contributed by atoms with Crippen molar-refractivity contribution in [2.75, 3.05) is 0 Å². The van der Waals surface area contributed by atoms with E-state index in [9.17, 15) is 9.90 Å². The second kappa shape index (κ2) is 5.80. The minimum atomic E-state index is -0.842. The third-order valence-electron chi connectivity index (χ3n) is 3.78. The second-order valence-electron chi connectivity index (χ2n) is 5.07. The van der Waals surface area contributed by atoms with Crippen molar-refractivity contribution in [3.8, 4) is 0 Å². The first-order valence-electron chi connectivity index (χ1n) is 7.01.